The zero-order chi connectivity index (χ0) is 13.4. The highest BCUT2D eigenvalue weighted by Crippen LogP contribution is 2.29. The van der Waals surface area contributed by atoms with Crippen molar-refractivity contribution in [3.63, 3.8) is 0 Å². The Morgan fingerprint density at radius 1 is 1.21 bits per heavy atom. The second-order valence-corrected chi connectivity index (χ2v) is 5.84. The van der Waals surface area contributed by atoms with Crippen molar-refractivity contribution in [1.82, 2.24) is 19.7 Å². The van der Waals surface area contributed by atoms with Gasteiger partial charge in [-0.15, -0.1) is 10.2 Å². The van der Waals surface area contributed by atoms with E-state index in [9.17, 15) is 0 Å². The van der Waals surface area contributed by atoms with E-state index in [4.69, 9.17) is 0 Å². The van der Waals surface area contributed by atoms with Crippen molar-refractivity contribution < 1.29 is 0 Å². The highest BCUT2D eigenvalue weighted by Gasteiger charge is 2.24. The lowest BCUT2D eigenvalue weighted by atomic mass is 10.1. The lowest BCUT2D eigenvalue weighted by molar-refractivity contribution is 0.162. The Labute approximate surface area is 121 Å². The van der Waals surface area contributed by atoms with Crippen molar-refractivity contribution in [1.29, 1.82) is 0 Å². The van der Waals surface area contributed by atoms with E-state index >= 15 is 0 Å². The van der Waals surface area contributed by atoms with Crippen LogP contribution in [0.2, 0.25) is 0 Å². The number of rotatable bonds is 2. The van der Waals surface area contributed by atoms with Gasteiger partial charge in [-0.2, -0.15) is 0 Å². The molecule has 19 heavy (non-hydrogen) atoms. The number of halogens is 1. The molecule has 4 nitrogen and oxygen atoms in total. The highest BCUT2D eigenvalue weighted by atomic mass is 79.9. The SMILES string of the molecule is Cc1nnc2n1CCN([C@@H](C)c1ccccc1Br)C2. The van der Waals surface area contributed by atoms with Gasteiger partial charge in [0.2, 0.25) is 0 Å². The van der Waals surface area contributed by atoms with Gasteiger partial charge in [0.1, 0.15) is 11.6 Å². The van der Waals surface area contributed by atoms with E-state index in [0.29, 0.717) is 6.04 Å². The summed E-state index contributed by atoms with van der Waals surface area (Å²) in [5, 5.41) is 8.42. The first-order chi connectivity index (χ1) is 9.16. The van der Waals surface area contributed by atoms with Gasteiger partial charge in [-0.05, 0) is 25.5 Å². The molecule has 1 aliphatic rings. The van der Waals surface area contributed by atoms with Gasteiger partial charge in [-0.3, -0.25) is 4.90 Å². The van der Waals surface area contributed by atoms with Crippen LogP contribution in [-0.4, -0.2) is 26.2 Å². The predicted octanol–water partition coefficient (Wildman–Crippen LogP) is 2.93. The Balaban J connectivity index is 1.83. The van der Waals surface area contributed by atoms with Crippen molar-refractivity contribution in [3.05, 3.63) is 46.0 Å². The second kappa shape index (κ2) is 5.06. The molecule has 1 aliphatic heterocycles. The summed E-state index contributed by atoms with van der Waals surface area (Å²) in [6.45, 7) is 7.14. The van der Waals surface area contributed by atoms with E-state index in [1.807, 2.05) is 6.92 Å². The summed E-state index contributed by atoms with van der Waals surface area (Å²) in [6, 6.07) is 8.80. The summed E-state index contributed by atoms with van der Waals surface area (Å²) in [6.07, 6.45) is 0. The molecule has 0 saturated carbocycles. The van der Waals surface area contributed by atoms with Crippen molar-refractivity contribution in [2.75, 3.05) is 6.54 Å². The topological polar surface area (TPSA) is 34.0 Å². The molecular weight excluding hydrogens is 304 g/mol. The molecule has 0 saturated heterocycles. The first-order valence-corrected chi connectivity index (χ1v) is 7.33. The van der Waals surface area contributed by atoms with Crippen LogP contribution in [0.3, 0.4) is 0 Å². The predicted molar refractivity (Wildman–Crippen MR) is 77.7 cm³/mol. The molecule has 1 aromatic heterocycles. The van der Waals surface area contributed by atoms with Gasteiger partial charge in [0.15, 0.2) is 0 Å². The van der Waals surface area contributed by atoms with Crippen LogP contribution in [0, 0.1) is 6.92 Å². The zero-order valence-corrected chi connectivity index (χ0v) is 12.8. The van der Waals surface area contributed by atoms with E-state index in [-0.39, 0.29) is 0 Å². The number of hydrogen-bond acceptors (Lipinski definition) is 3. The summed E-state index contributed by atoms with van der Waals surface area (Å²) in [5.74, 6) is 2.09. The first kappa shape index (κ1) is 12.8. The van der Waals surface area contributed by atoms with E-state index in [1.165, 1.54) is 10.0 Å². The van der Waals surface area contributed by atoms with Crippen molar-refractivity contribution in [3.8, 4) is 0 Å². The largest absolute Gasteiger partial charge is 0.313 e. The van der Waals surface area contributed by atoms with Crippen LogP contribution in [0.1, 0.15) is 30.2 Å². The van der Waals surface area contributed by atoms with Crippen molar-refractivity contribution in [2.24, 2.45) is 0 Å². The zero-order valence-electron chi connectivity index (χ0n) is 11.2. The molecule has 0 unspecified atom stereocenters. The smallest absolute Gasteiger partial charge is 0.147 e. The van der Waals surface area contributed by atoms with Crippen LogP contribution in [0.15, 0.2) is 28.7 Å². The molecule has 2 heterocycles. The van der Waals surface area contributed by atoms with Gasteiger partial charge in [-0.25, -0.2) is 0 Å². The summed E-state index contributed by atoms with van der Waals surface area (Å²) >= 11 is 3.64. The van der Waals surface area contributed by atoms with Crippen molar-refractivity contribution >= 4 is 15.9 Å². The van der Waals surface area contributed by atoms with Crippen LogP contribution in [0.5, 0.6) is 0 Å². The van der Waals surface area contributed by atoms with Crippen LogP contribution in [0.25, 0.3) is 0 Å². The van der Waals surface area contributed by atoms with E-state index in [2.05, 4.69) is 66.8 Å². The third-order valence-corrected chi connectivity index (χ3v) is 4.59. The Bertz CT molecular complexity index is 593. The molecule has 1 aromatic carbocycles. The van der Waals surface area contributed by atoms with E-state index in [1.54, 1.807) is 0 Å². The third kappa shape index (κ3) is 2.32. The molecule has 0 bridgehead atoms. The van der Waals surface area contributed by atoms with Gasteiger partial charge in [0, 0.05) is 23.6 Å². The maximum absolute atomic E-state index is 4.26. The monoisotopic (exact) mass is 320 g/mol. The molecular formula is C14H17BrN4. The molecule has 0 N–H and O–H groups in total. The lowest BCUT2D eigenvalue weighted by Crippen LogP contribution is -2.36. The Kier molecular flexibility index (Phi) is 3.41. The minimum absolute atomic E-state index is 0.376. The number of aromatic nitrogens is 3. The van der Waals surface area contributed by atoms with Gasteiger partial charge in [0.25, 0.3) is 0 Å². The average Bonchev–Trinajstić information content (AvgIpc) is 2.80. The van der Waals surface area contributed by atoms with E-state index < -0.39 is 0 Å². The summed E-state index contributed by atoms with van der Waals surface area (Å²) in [7, 11) is 0. The van der Waals surface area contributed by atoms with Gasteiger partial charge >= 0.3 is 0 Å². The highest BCUT2D eigenvalue weighted by molar-refractivity contribution is 9.10. The number of benzene rings is 1. The van der Waals surface area contributed by atoms with Crippen molar-refractivity contribution in [2.45, 2.75) is 33.0 Å². The summed E-state index contributed by atoms with van der Waals surface area (Å²) in [5.41, 5.74) is 1.33. The molecule has 0 fully saturated rings. The van der Waals surface area contributed by atoms with Crippen LogP contribution >= 0.6 is 15.9 Å². The minimum Gasteiger partial charge on any atom is -0.313 e. The Morgan fingerprint density at radius 2 is 2.00 bits per heavy atom. The maximum Gasteiger partial charge on any atom is 0.147 e. The fourth-order valence-corrected chi connectivity index (χ4v) is 3.28. The fourth-order valence-electron chi connectivity index (χ4n) is 2.66. The standard InChI is InChI=1S/C14H17BrN4/c1-10(12-5-3-4-6-13(12)15)18-7-8-19-11(2)16-17-14(19)9-18/h3-6,10H,7-9H2,1-2H3/t10-/m0/s1. The van der Waals surface area contributed by atoms with Gasteiger partial charge in [0.05, 0.1) is 6.54 Å². The summed E-state index contributed by atoms with van der Waals surface area (Å²) < 4.78 is 3.38. The second-order valence-electron chi connectivity index (χ2n) is 4.98. The quantitative estimate of drug-likeness (QED) is 0.853. The summed E-state index contributed by atoms with van der Waals surface area (Å²) in [4.78, 5) is 2.45. The van der Waals surface area contributed by atoms with Crippen LogP contribution < -0.4 is 0 Å². The molecule has 3 rings (SSSR count). The molecule has 100 valence electrons. The Morgan fingerprint density at radius 3 is 2.79 bits per heavy atom. The molecule has 1 atom stereocenters. The molecule has 2 aromatic rings. The lowest BCUT2D eigenvalue weighted by Gasteiger charge is -2.33. The van der Waals surface area contributed by atoms with E-state index in [0.717, 1.165) is 31.3 Å². The molecule has 0 radical (unpaired) electrons. The first-order valence-electron chi connectivity index (χ1n) is 6.54. The Hall–Kier alpha value is -1.20. The number of fused-ring (bicyclic) bond motifs is 1. The minimum atomic E-state index is 0.376. The molecule has 0 amide bonds. The van der Waals surface area contributed by atoms with Crippen LogP contribution in [-0.2, 0) is 13.1 Å². The molecule has 0 spiro atoms. The van der Waals surface area contributed by atoms with Gasteiger partial charge < -0.3 is 4.57 Å². The molecule has 0 aliphatic carbocycles. The number of nitrogens with zero attached hydrogens (tertiary/aromatic N) is 4. The average molecular weight is 321 g/mol. The van der Waals surface area contributed by atoms with Gasteiger partial charge in [-0.1, -0.05) is 34.1 Å². The number of aryl methyl sites for hydroxylation is 1. The number of hydrogen-bond donors (Lipinski definition) is 0. The fraction of sp³-hybridized carbons (Fsp3) is 0.429. The normalized spacial score (nSPS) is 17.2. The van der Waals surface area contributed by atoms with Crippen LogP contribution in [0.4, 0.5) is 0 Å². The maximum atomic E-state index is 4.26. The third-order valence-electron chi connectivity index (χ3n) is 3.87. The molecule has 5 heteroatoms.